The fraction of sp³-hybridized carbons (Fsp3) is 0.250. The number of benzene rings is 3. The monoisotopic (exact) mass is 529 g/mol. The number of fused-ring (bicyclic) bond motifs is 1. The van der Waals surface area contributed by atoms with Crippen LogP contribution in [0.3, 0.4) is 0 Å². The highest BCUT2D eigenvalue weighted by atomic mass is 32.2. The van der Waals surface area contributed by atoms with Crippen molar-refractivity contribution in [3.63, 3.8) is 0 Å². The Balaban J connectivity index is 1.34. The number of rotatable bonds is 11. The first-order valence-corrected chi connectivity index (χ1v) is 13.9. The number of hydrogen-bond donors (Lipinski definition) is 1. The number of nitrogens with zero attached hydrogens (tertiary/aromatic N) is 1. The van der Waals surface area contributed by atoms with E-state index in [1.54, 1.807) is 12.1 Å². The Morgan fingerprint density at radius 3 is 2.53 bits per heavy atom. The molecular formula is C32H29F2NO2S. The van der Waals surface area contributed by atoms with Gasteiger partial charge in [-0.15, -0.1) is 0 Å². The standard InChI is InChI=1S/C32H29F2NO2S/c33-27-18-24-11-13-26(35-29(24)19-28(27)34)12-9-23-7-4-8-25(17-23)30(14-10-22-5-2-1-3-6-22)38-21-32(15-16-32)20-31(36)37/h1-9,11-13,17-19,30H,10,14-16,20-21H2,(H,36,37)/t30-/m1/s1. The number of aliphatic carboxylic acids is 1. The van der Waals surface area contributed by atoms with E-state index in [1.165, 1.54) is 11.1 Å². The molecule has 1 saturated carbocycles. The zero-order valence-corrected chi connectivity index (χ0v) is 21.8. The van der Waals surface area contributed by atoms with Gasteiger partial charge in [0.1, 0.15) is 0 Å². The van der Waals surface area contributed by atoms with Crippen LogP contribution >= 0.6 is 11.8 Å². The van der Waals surface area contributed by atoms with Gasteiger partial charge in [0.25, 0.3) is 0 Å². The SMILES string of the molecule is O=C(O)CC1(CS[C@H](CCc2ccccc2)c2cccc(C=Cc3ccc4cc(F)c(F)cc4n3)c2)CC1. The summed E-state index contributed by atoms with van der Waals surface area (Å²) in [5.41, 5.74) is 4.53. The lowest BCUT2D eigenvalue weighted by atomic mass is 10.0. The molecule has 3 aromatic carbocycles. The number of thioether (sulfide) groups is 1. The summed E-state index contributed by atoms with van der Waals surface area (Å²) in [5.74, 6) is -1.66. The van der Waals surface area contributed by atoms with Crippen molar-refractivity contribution in [2.24, 2.45) is 5.41 Å². The van der Waals surface area contributed by atoms with E-state index in [2.05, 4.69) is 41.4 Å². The molecule has 1 aliphatic rings. The van der Waals surface area contributed by atoms with Gasteiger partial charge >= 0.3 is 5.97 Å². The predicted molar refractivity (Wildman–Crippen MR) is 151 cm³/mol. The van der Waals surface area contributed by atoms with Gasteiger partial charge in [0.2, 0.25) is 0 Å². The Morgan fingerprint density at radius 1 is 0.974 bits per heavy atom. The third-order valence-electron chi connectivity index (χ3n) is 7.09. The molecule has 1 aromatic heterocycles. The summed E-state index contributed by atoms with van der Waals surface area (Å²) in [7, 11) is 0. The van der Waals surface area contributed by atoms with E-state index in [0.29, 0.717) is 16.6 Å². The van der Waals surface area contributed by atoms with Gasteiger partial charge in [-0.2, -0.15) is 11.8 Å². The summed E-state index contributed by atoms with van der Waals surface area (Å²) in [4.78, 5) is 15.8. The third-order valence-corrected chi connectivity index (χ3v) is 8.78. The van der Waals surface area contributed by atoms with Crippen molar-refractivity contribution in [3.05, 3.63) is 113 Å². The minimum atomic E-state index is -0.908. The van der Waals surface area contributed by atoms with Gasteiger partial charge in [0, 0.05) is 22.5 Å². The predicted octanol–water partition coefficient (Wildman–Crippen LogP) is 8.35. The van der Waals surface area contributed by atoms with Crippen molar-refractivity contribution < 1.29 is 18.7 Å². The minimum absolute atomic E-state index is 0.0663. The van der Waals surface area contributed by atoms with Gasteiger partial charge in [0.05, 0.1) is 17.6 Å². The van der Waals surface area contributed by atoms with Crippen molar-refractivity contribution in [1.82, 2.24) is 4.98 Å². The summed E-state index contributed by atoms with van der Waals surface area (Å²) >= 11 is 1.87. The Hall–Kier alpha value is -3.51. The molecule has 0 radical (unpaired) electrons. The molecule has 1 N–H and O–H groups in total. The van der Waals surface area contributed by atoms with Crippen LogP contribution in [0.15, 0.2) is 78.9 Å². The van der Waals surface area contributed by atoms with Crippen LogP contribution < -0.4 is 0 Å². The number of aromatic nitrogens is 1. The van der Waals surface area contributed by atoms with Crippen molar-refractivity contribution in [1.29, 1.82) is 0 Å². The molecule has 0 spiro atoms. The van der Waals surface area contributed by atoms with Crippen molar-refractivity contribution in [3.8, 4) is 0 Å². The first-order chi connectivity index (χ1) is 18.4. The summed E-state index contributed by atoms with van der Waals surface area (Å²) in [6.45, 7) is 0. The average Bonchev–Trinajstić information content (AvgIpc) is 3.67. The number of carboxylic acid groups (broad SMARTS) is 1. The van der Waals surface area contributed by atoms with E-state index in [9.17, 15) is 18.7 Å². The highest BCUT2D eigenvalue weighted by molar-refractivity contribution is 7.99. The van der Waals surface area contributed by atoms with Gasteiger partial charge in [-0.25, -0.2) is 13.8 Å². The molecule has 0 saturated heterocycles. The second kappa shape index (κ2) is 11.5. The Morgan fingerprint density at radius 2 is 1.76 bits per heavy atom. The summed E-state index contributed by atoms with van der Waals surface area (Å²) in [5, 5.41) is 10.1. The lowest BCUT2D eigenvalue weighted by Crippen LogP contribution is -2.12. The number of pyridine rings is 1. The van der Waals surface area contributed by atoms with Crippen LogP contribution in [0.4, 0.5) is 8.78 Å². The summed E-state index contributed by atoms with van der Waals surface area (Å²) in [6, 6.07) is 24.6. The van der Waals surface area contributed by atoms with Crippen LogP contribution in [-0.2, 0) is 11.2 Å². The van der Waals surface area contributed by atoms with E-state index in [1.807, 2.05) is 42.1 Å². The fourth-order valence-corrected chi connectivity index (χ4v) is 6.28. The molecule has 3 nitrogen and oxygen atoms in total. The van der Waals surface area contributed by atoms with Gasteiger partial charge in [0.15, 0.2) is 11.6 Å². The zero-order valence-electron chi connectivity index (χ0n) is 20.9. The van der Waals surface area contributed by atoms with Crippen LogP contribution in [0.25, 0.3) is 23.1 Å². The number of carboxylic acids is 1. The van der Waals surface area contributed by atoms with Crippen LogP contribution in [0.1, 0.15) is 53.3 Å². The molecule has 194 valence electrons. The largest absolute Gasteiger partial charge is 0.481 e. The molecule has 38 heavy (non-hydrogen) atoms. The van der Waals surface area contributed by atoms with Crippen LogP contribution in [0, 0.1) is 17.0 Å². The number of halogens is 2. The van der Waals surface area contributed by atoms with Gasteiger partial charge in [-0.3, -0.25) is 4.79 Å². The van der Waals surface area contributed by atoms with Crippen molar-refractivity contribution >= 4 is 40.8 Å². The maximum absolute atomic E-state index is 13.7. The molecule has 0 bridgehead atoms. The second-order valence-corrected chi connectivity index (χ2v) is 11.3. The lowest BCUT2D eigenvalue weighted by Gasteiger charge is -2.21. The van der Waals surface area contributed by atoms with E-state index in [0.717, 1.165) is 49.1 Å². The lowest BCUT2D eigenvalue weighted by molar-refractivity contribution is -0.138. The molecule has 1 atom stereocenters. The van der Waals surface area contributed by atoms with Crippen LogP contribution in [-0.4, -0.2) is 21.8 Å². The molecule has 5 rings (SSSR count). The number of aryl methyl sites for hydroxylation is 1. The fourth-order valence-electron chi connectivity index (χ4n) is 4.71. The topological polar surface area (TPSA) is 50.2 Å². The van der Waals surface area contributed by atoms with E-state index in [-0.39, 0.29) is 17.1 Å². The van der Waals surface area contributed by atoms with Gasteiger partial charge in [-0.1, -0.05) is 66.7 Å². The summed E-state index contributed by atoms with van der Waals surface area (Å²) < 4.78 is 27.2. The van der Waals surface area contributed by atoms with E-state index < -0.39 is 17.6 Å². The van der Waals surface area contributed by atoms with Crippen LogP contribution in [0.5, 0.6) is 0 Å². The van der Waals surface area contributed by atoms with Crippen molar-refractivity contribution in [2.75, 3.05) is 5.75 Å². The Kier molecular flexibility index (Phi) is 7.89. The number of carbonyl (C=O) groups is 1. The summed E-state index contributed by atoms with van der Waals surface area (Å²) in [6.07, 6.45) is 7.96. The van der Waals surface area contributed by atoms with E-state index in [4.69, 9.17) is 0 Å². The normalized spacial score (nSPS) is 15.1. The first-order valence-electron chi connectivity index (χ1n) is 12.8. The first kappa shape index (κ1) is 26.1. The molecule has 1 fully saturated rings. The Bertz CT molecular complexity index is 1470. The molecule has 0 amide bonds. The van der Waals surface area contributed by atoms with Gasteiger partial charge < -0.3 is 5.11 Å². The average molecular weight is 530 g/mol. The maximum atomic E-state index is 13.7. The van der Waals surface area contributed by atoms with Crippen LogP contribution in [0.2, 0.25) is 0 Å². The molecule has 1 heterocycles. The molecular weight excluding hydrogens is 500 g/mol. The molecule has 0 unspecified atom stereocenters. The highest BCUT2D eigenvalue weighted by Crippen LogP contribution is 2.53. The number of hydrogen-bond acceptors (Lipinski definition) is 3. The van der Waals surface area contributed by atoms with Crippen molar-refractivity contribution in [2.45, 2.75) is 37.4 Å². The van der Waals surface area contributed by atoms with Gasteiger partial charge in [-0.05, 0) is 66.0 Å². The smallest absolute Gasteiger partial charge is 0.303 e. The molecule has 1 aliphatic carbocycles. The third kappa shape index (κ3) is 6.67. The maximum Gasteiger partial charge on any atom is 0.303 e. The molecule has 0 aliphatic heterocycles. The Labute approximate surface area is 225 Å². The highest BCUT2D eigenvalue weighted by Gasteiger charge is 2.44. The molecule has 4 aromatic rings. The quantitative estimate of drug-likeness (QED) is 0.212. The molecule has 6 heteroatoms. The van der Waals surface area contributed by atoms with E-state index >= 15 is 0 Å². The minimum Gasteiger partial charge on any atom is -0.481 e. The second-order valence-electron chi connectivity index (χ2n) is 10.1. The zero-order chi connectivity index (χ0) is 26.5.